The van der Waals surface area contributed by atoms with Gasteiger partial charge in [-0.3, -0.25) is 0 Å². The second kappa shape index (κ2) is 4.10. The van der Waals surface area contributed by atoms with E-state index in [1.807, 2.05) is 0 Å². The first kappa shape index (κ1) is 13.7. The van der Waals surface area contributed by atoms with E-state index < -0.39 is 0 Å². The summed E-state index contributed by atoms with van der Waals surface area (Å²) in [6.07, 6.45) is 5.48. The molecule has 1 nitrogen and oxygen atoms in total. The van der Waals surface area contributed by atoms with Crippen molar-refractivity contribution in [1.29, 1.82) is 0 Å². The van der Waals surface area contributed by atoms with Crippen LogP contribution < -0.4 is 0 Å². The molecule has 19 heavy (non-hydrogen) atoms. The van der Waals surface area contributed by atoms with Gasteiger partial charge in [0.2, 0.25) is 0 Å². The van der Waals surface area contributed by atoms with E-state index in [1.165, 1.54) is 31.3 Å². The van der Waals surface area contributed by atoms with E-state index in [4.69, 9.17) is 0 Å². The van der Waals surface area contributed by atoms with E-state index in [0.29, 0.717) is 23.9 Å². The Morgan fingerprint density at radius 3 is 2.58 bits per heavy atom. The molecule has 0 unspecified atom stereocenters. The number of fused-ring (bicyclic) bond motifs is 2. The van der Waals surface area contributed by atoms with Crippen molar-refractivity contribution in [2.24, 2.45) is 40.4 Å². The maximum absolute atomic E-state index is 9.76. The van der Waals surface area contributed by atoms with E-state index in [-0.39, 0.29) is 5.41 Å². The lowest BCUT2D eigenvalue weighted by molar-refractivity contribution is -0.0834. The topological polar surface area (TPSA) is 20.2 Å². The quantitative estimate of drug-likeness (QED) is 0.737. The van der Waals surface area contributed by atoms with Gasteiger partial charge in [0.25, 0.3) is 0 Å². The Labute approximate surface area is 118 Å². The van der Waals surface area contributed by atoms with Gasteiger partial charge in [0.15, 0.2) is 0 Å². The number of aliphatic hydroxyl groups is 1. The molecule has 3 aliphatic rings. The van der Waals surface area contributed by atoms with Crippen LogP contribution in [0, 0.1) is 40.4 Å². The van der Waals surface area contributed by atoms with Gasteiger partial charge in [0.1, 0.15) is 0 Å². The molecule has 108 valence electrons. The third kappa shape index (κ3) is 1.63. The minimum atomic E-state index is 0.0224. The van der Waals surface area contributed by atoms with Gasteiger partial charge in [-0.05, 0) is 60.7 Å². The lowest BCUT2D eigenvalue weighted by Gasteiger charge is -2.62. The van der Waals surface area contributed by atoms with Gasteiger partial charge in [0, 0.05) is 5.41 Å². The zero-order valence-electron chi connectivity index (χ0n) is 13.1. The van der Waals surface area contributed by atoms with E-state index >= 15 is 0 Å². The predicted molar refractivity (Wildman–Crippen MR) is 79.7 cm³/mol. The Morgan fingerprint density at radius 2 is 2.00 bits per heavy atom. The van der Waals surface area contributed by atoms with Crippen molar-refractivity contribution < 1.29 is 5.11 Å². The van der Waals surface area contributed by atoms with Crippen molar-refractivity contribution in [3.63, 3.8) is 0 Å². The molecule has 0 saturated heterocycles. The number of aliphatic hydroxyl groups excluding tert-OH is 1. The van der Waals surface area contributed by atoms with Crippen LogP contribution in [0.5, 0.6) is 0 Å². The fourth-order valence-corrected chi connectivity index (χ4v) is 5.83. The molecule has 0 aliphatic heterocycles. The molecule has 3 fully saturated rings. The van der Waals surface area contributed by atoms with Gasteiger partial charge >= 0.3 is 0 Å². The first-order chi connectivity index (χ1) is 8.83. The van der Waals surface area contributed by atoms with Crippen LogP contribution in [-0.4, -0.2) is 11.7 Å². The summed E-state index contributed by atoms with van der Waals surface area (Å²) < 4.78 is 0. The third-order valence-corrected chi connectivity index (χ3v) is 7.32. The normalized spacial score (nSPS) is 52.8. The molecule has 0 heterocycles. The summed E-state index contributed by atoms with van der Waals surface area (Å²) in [5.41, 5.74) is 1.90. The van der Waals surface area contributed by atoms with Crippen molar-refractivity contribution in [2.45, 2.75) is 53.4 Å². The summed E-state index contributed by atoms with van der Waals surface area (Å²) in [7, 11) is 0. The van der Waals surface area contributed by atoms with Crippen LogP contribution in [0.4, 0.5) is 0 Å². The van der Waals surface area contributed by atoms with E-state index in [1.54, 1.807) is 0 Å². The molecule has 1 N–H and O–H groups in total. The molecule has 0 radical (unpaired) electrons. The van der Waals surface area contributed by atoms with Crippen LogP contribution in [0.3, 0.4) is 0 Å². The lowest BCUT2D eigenvalue weighted by atomic mass is 9.42. The highest BCUT2D eigenvalue weighted by Crippen LogP contribution is 2.69. The summed E-state index contributed by atoms with van der Waals surface area (Å²) in [4.78, 5) is 0. The Bertz CT molecular complexity index is 398. The molecule has 1 heteroatoms. The molecule has 3 aliphatic carbocycles. The molecule has 0 bridgehead atoms. The molecule has 6 atom stereocenters. The highest BCUT2D eigenvalue weighted by molar-refractivity contribution is 5.30. The van der Waals surface area contributed by atoms with Crippen LogP contribution in [0.15, 0.2) is 12.2 Å². The molecule has 0 aromatic heterocycles. The standard InChI is InChI=1S/C18H30O/c1-11(2)13-6-7-17(4)9-16-14(8-15(13)17)12(3)18(16,5)10-19/h11,13-16,19H,3,6-10H2,1-2,4-5H3/t13-,14-,15-,16-,17+,18-/m0/s1. The zero-order valence-corrected chi connectivity index (χ0v) is 13.1. The van der Waals surface area contributed by atoms with Crippen molar-refractivity contribution in [2.75, 3.05) is 6.61 Å². The summed E-state index contributed by atoms with van der Waals surface area (Å²) in [5.74, 6) is 4.03. The average molecular weight is 262 g/mol. The SMILES string of the molecule is C=C1[C@@H]2C[C@H]3[C@H](C(C)C)CC[C@]3(C)C[C@@H]2[C@@]1(C)CO. The molecule has 0 amide bonds. The monoisotopic (exact) mass is 262 g/mol. The van der Waals surface area contributed by atoms with Crippen LogP contribution in [0.2, 0.25) is 0 Å². The van der Waals surface area contributed by atoms with Crippen LogP contribution in [0.1, 0.15) is 53.4 Å². The van der Waals surface area contributed by atoms with Crippen molar-refractivity contribution in [3.8, 4) is 0 Å². The van der Waals surface area contributed by atoms with Crippen LogP contribution in [-0.2, 0) is 0 Å². The molecular weight excluding hydrogens is 232 g/mol. The average Bonchev–Trinajstić information content (AvgIpc) is 2.72. The molecule has 0 spiro atoms. The summed E-state index contributed by atoms with van der Waals surface area (Å²) in [6.45, 7) is 14.2. The molecule has 0 aromatic rings. The number of rotatable bonds is 2. The van der Waals surface area contributed by atoms with Crippen molar-refractivity contribution >= 4 is 0 Å². The highest BCUT2D eigenvalue weighted by atomic mass is 16.3. The smallest absolute Gasteiger partial charge is 0.0524 e. The van der Waals surface area contributed by atoms with Crippen molar-refractivity contribution in [3.05, 3.63) is 12.2 Å². The summed E-state index contributed by atoms with van der Waals surface area (Å²) in [6, 6.07) is 0. The Morgan fingerprint density at radius 1 is 1.32 bits per heavy atom. The van der Waals surface area contributed by atoms with E-state index in [0.717, 1.165) is 17.8 Å². The second-order valence-corrected chi connectivity index (χ2v) is 8.46. The van der Waals surface area contributed by atoms with Gasteiger partial charge in [0.05, 0.1) is 6.61 Å². The van der Waals surface area contributed by atoms with Gasteiger partial charge in [-0.2, -0.15) is 0 Å². The minimum Gasteiger partial charge on any atom is -0.395 e. The van der Waals surface area contributed by atoms with E-state index in [9.17, 15) is 5.11 Å². The Hall–Kier alpha value is -0.300. The maximum Gasteiger partial charge on any atom is 0.0524 e. The van der Waals surface area contributed by atoms with Gasteiger partial charge in [-0.15, -0.1) is 0 Å². The molecule has 0 aromatic carbocycles. The second-order valence-electron chi connectivity index (χ2n) is 8.46. The largest absolute Gasteiger partial charge is 0.395 e. The predicted octanol–water partition coefficient (Wildman–Crippen LogP) is 4.27. The van der Waals surface area contributed by atoms with Crippen molar-refractivity contribution in [1.82, 2.24) is 0 Å². The minimum absolute atomic E-state index is 0.0224. The first-order valence-electron chi connectivity index (χ1n) is 8.13. The van der Waals surface area contributed by atoms with Crippen LogP contribution in [0.25, 0.3) is 0 Å². The zero-order chi connectivity index (χ0) is 14.0. The number of hydrogen-bond acceptors (Lipinski definition) is 1. The first-order valence-corrected chi connectivity index (χ1v) is 8.13. The fourth-order valence-electron chi connectivity index (χ4n) is 5.83. The molecule has 3 saturated carbocycles. The lowest BCUT2D eigenvalue weighted by Crippen LogP contribution is -2.57. The molecule has 3 rings (SSSR count). The van der Waals surface area contributed by atoms with E-state index in [2.05, 4.69) is 34.3 Å². The maximum atomic E-state index is 9.76. The fraction of sp³-hybridized carbons (Fsp3) is 0.889. The molecular formula is C18H30O. The number of hydrogen-bond donors (Lipinski definition) is 1. The van der Waals surface area contributed by atoms with Gasteiger partial charge < -0.3 is 5.11 Å². The summed E-state index contributed by atoms with van der Waals surface area (Å²) in [5, 5.41) is 9.76. The van der Waals surface area contributed by atoms with Gasteiger partial charge in [-0.1, -0.05) is 39.8 Å². The Balaban J connectivity index is 1.85. The summed E-state index contributed by atoms with van der Waals surface area (Å²) >= 11 is 0. The Kier molecular flexibility index (Phi) is 2.95. The van der Waals surface area contributed by atoms with Gasteiger partial charge in [-0.25, -0.2) is 0 Å². The third-order valence-electron chi connectivity index (χ3n) is 7.32. The van der Waals surface area contributed by atoms with Crippen LogP contribution >= 0.6 is 0 Å². The highest BCUT2D eigenvalue weighted by Gasteiger charge is 2.62.